The molecule has 0 aromatic carbocycles. The van der Waals surface area contributed by atoms with Crippen molar-refractivity contribution in [1.82, 2.24) is 15.2 Å². The Labute approximate surface area is 98.6 Å². The topological polar surface area (TPSA) is 62.3 Å². The van der Waals surface area contributed by atoms with Crippen molar-refractivity contribution in [3.05, 3.63) is 29.8 Å². The van der Waals surface area contributed by atoms with Crippen LogP contribution in [0.2, 0.25) is 0 Å². The number of nitrogens with zero attached hydrogens (tertiary/aromatic N) is 2. The summed E-state index contributed by atoms with van der Waals surface area (Å²) in [6, 6.07) is 2.82. The zero-order chi connectivity index (χ0) is 12.8. The zero-order valence-electron chi connectivity index (χ0n) is 9.74. The van der Waals surface area contributed by atoms with E-state index in [0.717, 1.165) is 0 Å². The molecule has 0 unspecified atom stereocenters. The van der Waals surface area contributed by atoms with Crippen LogP contribution >= 0.6 is 0 Å². The van der Waals surface area contributed by atoms with E-state index in [4.69, 9.17) is 0 Å². The number of nitrogens with one attached hydrogen (secondary N) is 1. The molecule has 2 amide bonds. The lowest BCUT2D eigenvalue weighted by atomic mass is 10.2. The van der Waals surface area contributed by atoms with Crippen molar-refractivity contribution in [1.29, 1.82) is 0 Å². The molecule has 1 rings (SSSR count). The molecule has 0 atom stereocenters. The van der Waals surface area contributed by atoms with E-state index in [0.29, 0.717) is 6.54 Å². The Morgan fingerprint density at radius 1 is 1.53 bits per heavy atom. The number of aromatic nitrogens is 1. The van der Waals surface area contributed by atoms with E-state index in [1.807, 2.05) is 0 Å². The highest BCUT2D eigenvalue weighted by atomic mass is 19.1. The maximum absolute atomic E-state index is 13.3. The molecule has 0 fully saturated rings. The van der Waals surface area contributed by atoms with Gasteiger partial charge in [-0.3, -0.25) is 9.59 Å². The van der Waals surface area contributed by atoms with Crippen molar-refractivity contribution in [2.24, 2.45) is 0 Å². The summed E-state index contributed by atoms with van der Waals surface area (Å²) in [5.41, 5.74) is -0.127. The molecule has 0 radical (unpaired) electrons. The fraction of sp³-hybridized carbons (Fsp3) is 0.364. The van der Waals surface area contributed by atoms with Gasteiger partial charge >= 0.3 is 0 Å². The molecule has 0 spiro atoms. The Morgan fingerprint density at radius 3 is 2.76 bits per heavy atom. The maximum atomic E-state index is 13.3. The number of likely N-dealkylation sites (N-methyl/N-ethyl adjacent to an activating group) is 2. The summed E-state index contributed by atoms with van der Waals surface area (Å²) in [7, 11) is 1.48. The van der Waals surface area contributed by atoms with Crippen LogP contribution in [0.1, 0.15) is 17.3 Å². The minimum atomic E-state index is -0.826. The summed E-state index contributed by atoms with van der Waals surface area (Å²) in [5.74, 6) is -1.67. The third kappa shape index (κ3) is 3.24. The molecule has 0 bridgehead atoms. The first kappa shape index (κ1) is 13.1. The molecular formula is C11H14FN3O2. The monoisotopic (exact) mass is 239 g/mol. The maximum Gasteiger partial charge on any atom is 0.258 e. The highest BCUT2D eigenvalue weighted by molar-refractivity contribution is 5.96. The van der Waals surface area contributed by atoms with Gasteiger partial charge in [-0.25, -0.2) is 4.98 Å². The third-order valence-corrected chi connectivity index (χ3v) is 2.27. The van der Waals surface area contributed by atoms with E-state index in [-0.39, 0.29) is 18.0 Å². The van der Waals surface area contributed by atoms with Gasteiger partial charge in [-0.15, -0.1) is 0 Å². The summed E-state index contributed by atoms with van der Waals surface area (Å²) >= 11 is 0. The fourth-order valence-electron chi connectivity index (χ4n) is 1.30. The molecule has 0 saturated heterocycles. The Hall–Kier alpha value is -1.98. The van der Waals surface area contributed by atoms with E-state index >= 15 is 0 Å². The smallest absolute Gasteiger partial charge is 0.258 e. The molecule has 0 aliphatic carbocycles. The van der Waals surface area contributed by atoms with Crippen molar-refractivity contribution in [2.75, 3.05) is 20.1 Å². The van der Waals surface area contributed by atoms with Crippen LogP contribution in [0, 0.1) is 5.95 Å². The summed E-state index contributed by atoms with van der Waals surface area (Å²) in [6.07, 6.45) is 1.27. The van der Waals surface area contributed by atoms with Crippen molar-refractivity contribution in [3.63, 3.8) is 0 Å². The van der Waals surface area contributed by atoms with Gasteiger partial charge in [0.05, 0.1) is 12.1 Å². The third-order valence-electron chi connectivity index (χ3n) is 2.27. The van der Waals surface area contributed by atoms with Crippen LogP contribution in [0.4, 0.5) is 4.39 Å². The Bertz CT molecular complexity index is 423. The molecule has 1 heterocycles. The lowest BCUT2D eigenvalue weighted by Gasteiger charge is -2.19. The molecule has 17 heavy (non-hydrogen) atoms. The highest BCUT2D eigenvalue weighted by Crippen LogP contribution is 2.07. The molecule has 6 heteroatoms. The quantitative estimate of drug-likeness (QED) is 0.775. The van der Waals surface area contributed by atoms with Crippen molar-refractivity contribution >= 4 is 11.8 Å². The number of amides is 2. The summed E-state index contributed by atoms with van der Waals surface area (Å²) in [6.45, 7) is 1.94. The van der Waals surface area contributed by atoms with Crippen LogP contribution < -0.4 is 5.32 Å². The Balaban J connectivity index is 2.87. The standard InChI is InChI=1S/C11H14FN3O2/c1-3-15(7-9(16)13-2)11(17)8-5-4-6-14-10(8)12/h4-6H,3,7H2,1-2H3,(H,13,16). The van der Waals surface area contributed by atoms with Gasteiger partial charge in [-0.2, -0.15) is 4.39 Å². The second-order valence-corrected chi connectivity index (χ2v) is 3.33. The van der Waals surface area contributed by atoms with E-state index in [1.165, 1.54) is 30.3 Å². The van der Waals surface area contributed by atoms with Crippen LogP contribution in [-0.2, 0) is 4.79 Å². The first-order chi connectivity index (χ1) is 8.10. The minimum absolute atomic E-state index is 0.0971. The van der Waals surface area contributed by atoms with Crippen LogP contribution in [0.5, 0.6) is 0 Å². The average molecular weight is 239 g/mol. The lowest BCUT2D eigenvalue weighted by molar-refractivity contribution is -0.121. The van der Waals surface area contributed by atoms with Crippen LogP contribution in [0.25, 0.3) is 0 Å². The second-order valence-electron chi connectivity index (χ2n) is 3.33. The number of rotatable bonds is 4. The Morgan fingerprint density at radius 2 is 2.24 bits per heavy atom. The van der Waals surface area contributed by atoms with Crippen molar-refractivity contribution in [3.8, 4) is 0 Å². The van der Waals surface area contributed by atoms with Gasteiger partial charge in [0, 0.05) is 19.8 Å². The summed E-state index contributed by atoms with van der Waals surface area (Å²) in [5, 5.41) is 2.41. The predicted octanol–water partition coefficient (Wildman–Crippen LogP) is 0.429. The van der Waals surface area contributed by atoms with Crippen LogP contribution in [0.3, 0.4) is 0 Å². The van der Waals surface area contributed by atoms with Crippen LogP contribution in [0.15, 0.2) is 18.3 Å². The molecule has 1 N–H and O–H groups in total. The first-order valence-corrected chi connectivity index (χ1v) is 5.20. The average Bonchev–Trinajstić information content (AvgIpc) is 2.35. The molecular weight excluding hydrogens is 225 g/mol. The molecule has 1 aromatic rings. The number of halogens is 1. The van der Waals surface area contributed by atoms with Gasteiger partial charge in [0.2, 0.25) is 11.9 Å². The zero-order valence-corrected chi connectivity index (χ0v) is 9.74. The number of hydrogen-bond acceptors (Lipinski definition) is 3. The Kier molecular flexibility index (Phi) is 4.56. The number of hydrogen-bond donors (Lipinski definition) is 1. The van der Waals surface area contributed by atoms with E-state index < -0.39 is 11.9 Å². The molecule has 1 aromatic heterocycles. The van der Waals surface area contributed by atoms with Crippen LogP contribution in [-0.4, -0.2) is 41.8 Å². The summed E-state index contributed by atoms with van der Waals surface area (Å²) < 4.78 is 13.3. The van der Waals surface area contributed by atoms with Crippen molar-refractivity contribution in [2.45, 2.75) is 6.92 Å². The van der Waals surface area contributed by atoms with Gasteiger partial charge in [0.1, 0.15) is 0 Å². The fourth-order valence-corrected chi connectivity index (χ4v) is 1.30. The molecule has 5 nitrogen and oxygen atoms in total. The predicted molar refractivity (Wildman–Crippen MR) is 59.8 cm³/mol. The minimum Gasteiger partial charge on any atom is -0.358 e. The first-order valence-electron chi connectivity index (χ1n) is 5.20. The summed E-state index contributed by atoms with van der Waals surface area (Å²) in [4.78, 5) is 27.8. The van der Waals surface area contributed by atoms with Gasteiger partial charge in [0.15, 0.2) is 0 Å². The number of carbonyl (C=O) groups is 2. The normalized spacial score (nSPS) is 9.82. The largest absolute Gasteiger partial charge is 0.358 e. The molecule has 0 saturated carbocycles. The molecule has 0 aliphatic rings. The SMILES string of the molecule is CCN(CC(=O)NC)C(=O)c1cccnc1F. The second kappa shape index (κ2) is 5.93. The van der Waals surface area contributed by atoms with Gasteiger partial charge in [-0.1, -0.05) is 0 Å². The molecule has 92 valence electrons. The number of pyridine rings is 1. The lowest BCUT2D eigenvalue weighted by Crippen LogP contribution is -2.39. The van der Waals surface area contributed by atoms with E-state index in [9.17, 15) is 14.0 Å². The van der Waals surface area contributed by atoms with Gasteiger partial charge in [-0.05, 0) is 19.1 Å². The number of carbonyl (C=O) groups excluding carboxylic acids is 2. The van der Waals surface area contributed by atoms with E-state index in [1.54, 1.807) is 6.92 Å². The highest BCUT2D eigenvalue weighted by Gasteiger charge is 2.20. The molecule has 0 aliphatic heterocycles. The van der Waals surface area contributed by atoms with Gasteiger partial charge in [0.25, 0.3) is 5.91 Å². The van der Waals surface area contributed by atoms with Crippen molar-refractivity contribution < 1.29 is 14.0 Å². The van der Waals surface area contributed by atoms with E-state index in [2.05, 4.69) is 10.3 Å². The van der Waals surface area contributed by atoms with Gasteiger partial charge < -0.3 is 10.2 Å².